The normalized spacial score (nSPS) is 22.6. The van der Waals surface area contributed by atoms with Crippen molar-refractivity contribution in [3.05, 3.63) is 21.7 Å². The number of nitrogens with zero attached hydrogens (tertiary/aromatic N) is 4. The highest BCUT2D eigenvalue weighted by molar-refractivity contribution is 7.15. The third-order valence-corrected chi connectivity index (χ3v) is 4.44. The molecule has 1 atom stereocenters. The van der Waals surface area contributed by atoms with Gasteiger partial charge in [-0.2, -0.15) is 9.38 Å². The summed E-state index contributed by atoms with van der Waals surface area (Å²) in [6.07, 6.45) is 2.05. The van der Waals surface area contributed by atoms with Crippen molar-refractivity contribution in [2.24, 2.45) is 5.41 Å². The highest BCUT2D eigenvalue weighted by Gasteiger charge is 2.43. The molecule has 9 heteroatoms. The molecule has 3 rings (SSSR count). The lowest BCUT2D eigenvalue weighted by molar-refractivity contribution is -0.389. The topological polar surface area (TPSA) is 101 Å². The molecule has 0 saturated carbocycles. The van der Waals surface area contributed by atoms with E-state index in [1.54, 1.807) is 23.4 Å². The molecule has 2 aromatic rings. The van der Waals surface area contributed by atoms with Crippen molar-refractivity contribution < 1.29 is 14.8 Å². The molecular formula is C11H12N4O4S. The second kappa shape index (κ2) is 4.17. The number of carbonyl (C=O) groups is 1. The van der Waals surface area contributed by atoms with Crippen LogP contribution in [0.3, 0.4) is 0 Å². The molecule has 20 heavy (non-hydrogen) atoms. The Hall–Kier alpha value is -2.16. The Kier molecular flexibility index (Phi) is 2.68. The zero-order valence-corrected chi connectivity index (χ0v) is 11.5. The predicted molar refractivity (Wildman–Crippen MR) is 72.3 cm³/mol. The van der Waals surface area contributed by atoms with Crippen molar-refractivity contribution in [3.8, 4) is 0 Å². The van der Waals surface area contributed by atoms with E-state index in [2.05, 4.69) is 4.98 Å². The number of thiazole rings is 1. The third kappa shape index (κ3) is 1.73. The molecular weight excluding hydrogens is 284 g/mol. The average molecular weight is 296 g/mol. The molecule has 0 aromatic carbocycles. The second-order valence-corrected chi connectivity index (χ2v) is 5.98. The summed E-state index contributed by atoms with van der Waals surface area (Å²) in [6.45, 7) is 2.34. The quantitative estimate of drug-likeness (QED) is 0.682. The molecule has 1 saturated heterocycles. The summed E-state index contributed by atoms with van der Waals surface area (Å²) in [5.74, 6) is -0.730. The number of anilines is 1. The van der Waals surface area contributed by atoms with Crippen molar-refractivity contribution >= 4 is 33.9 Å². The Bertz CT molecular complexity index is 708. The zero-order chi connectivity index (χ0) is 14.5. The van der Waals surface area contributed by atoms with Gasteiger partial charge in [-0.3, -0.25) is 4.79 Å². The molecule has 1 N–H and O–H groups in total. The lowest BCUT2D eigenvalue weighted by Gasteiger charge is -2.19. The molecule has 0 spiro atoms. The maximum absolute atomic E-state index is 11.3. The zero-order valence-electron chi connectivity index (χ0n) is 10.6. The van der Waals surface area contributed by atoms with Gasteiger partial charge in [-0.25, -0.2) is 0 Å². The molecule has 1 unspecified atom stereocenters. The number of carboxylic acids is 1. The van der Waals surface area contributed by atoms with Gasteiger partial charge in [0.25, 0.3) is 4.96 Å². The first-order valence-electron chi connectivity index (χ1n) is 6.01. The Morgan fingerprint density at radius 1 is 1.65 bits per heavy atom. The van der Waals surface area contributed by atoms with E-state index in [0.717, 1.165) is 0 Å². The smallest absolute Gasteiger partial charge is 0.373 e. The number of nitro groups is 1. The minimum atomic E-state index is -0.885. The SMILES string of the molecule is CC1(C(=O)O)CCN(c2nc3sccn3c2[N+](=O)[O-])C1. The van der Waals surface area contributed by atoms with E-state index in [4.69, 9.17) is 0 Å². The number of fused-ring (bicyclic) bond motifs is 1. The number of rotatable bonds is 3. The fourth-order valence-corrected chi connectivity index (χ4v) is 3.16. The van der Waals surface area contributed by atoms with Crippen molar-refractivity contribution in [2.45, 2.75) is 13.3 Å². The molecule has 106 valence electrons. The van der Waals surface area contributed by atoms with Crippen molar-refractivity contribution in [1.29, 1.82) is 0 Å². The molecule has 3 heterocycles. The van der Waals surface area contributed by atoms with E-state index in [1.165, 1.54) is 15.7 Å². The lowest BCUT2D eigenvalue weighted by atomic mass is 9.90. The summed E-state index contributed by atoms with van der Waals surface area (Å²) in [6, 6.07) is 0. The number of imidazole rings is 1. The molecule has 0 amide bonds. The standard InChI is InChI=1S/C11H12N4O4S/c1-11(9(16)17)2-3-13(6-11)7-8(15(18)19)14-4-5-20-10(14)12-7/h4-5H,2-3,6H2,1H3,(H,16,17). The molecule has 0 aliphatic carbocycles. The molecule has 2 aromatic heterocycles. The molecule has 0 bridgehead atoms. The van der Waals surface area contributed by atoms with Gasteiger partial charge in [0.15, 0.2) is 0 Å². The number of carboxylic acid groups (broad SMARTS) is 1. The second-order valence-electron chi connectivity index (χ2n) is 5.11. The van der Waals surface area contributed by atoms with E-state index in [9.17, 15) is 20.0 Å². The molecule has 8 nitrogen and oxygen atoms in total. The van der Waals surface area contributed by atoms with Crippen LogP contribution in [0.4, 0.5) is 11.6 Å². The summed E-state index contributed by atoms with van der Waals surface area (Å²) in [4.78, 5) is 28.5. The summed E-state index contributed by atoms with van der Waals surface area (Å²) < 4.78 is 1.43. The summed E-state index contributed by atoms with van der Waals surface area (Å²) >= 11 is 1.31. The number of hydrogen-bond acceptors (Lipinski definition) is 6. The van der Waals surface area contributed by atoms with Gasteiger partial charge in [0.2, 0.25) is 5.82 Å². The van der Waals surface area contributed by atoms with Crippen molar-refractivity contribution in [3.63, 3.8) is 0 Å². The summed E-state index contributed by atoms with van der Waals surface area (Å²) in [7, 11) is 0. The monoisotopic (exact) mass is 296 g/mol. The first-order chi connectivity index (χ1) is 9.42. The molecule has 0 radical (unpaired) electrons. The van der Waals surface area contributed by atoms with Crippen LogP contribution < -0.4 is 4.90 Å². The van der Waals surface area contributed by atoms with Crippen molar-refractivity contribution in [2.75, 3.05) is 18.0 Å². The van der Waals surface area contributed by atoms with Crippen LogP contribution in [-0.2, 0) is 4.79 Å². The van der Waals surface area contributed by atoms with Crippen LogP contribution in [0.2, 0.25) is 0 Å². The summed E-state index contributed by atoms with van der Waals surface area (Å²) in [5, 5.41) is 22.2. The van der Waals surface area contributed by atoms with Gasteiger partial charge in [-0.1, -0.05) is 11.3 Å². The van der Waals surface area contributed by atoms with Crippen molar-refractivity contribution in [1.82, 2.24) is 9.38 Å². The van der Waals surface area contributed by atoms with Crippen LogP contribution in [-0.4, -0.2) is 38.5 Å². The Morgan fingerprint density at radius 2 is 2.40 bits per heavy atom. The molecule has 1 fully saturated rings. The Balaban J connectivity index is 2.03. The van der Waals surface area contributed by atoms with Gasteiger partial charge in [0.05, 0.1) is 5.41 Å². The van der Waals surface area contributed by atoms with Crippen LogP contribution in [0.15, 0.2) is 11.6 Å². The van der Waals surface area contributed by atoms with Crippen LogP contribution in [0.1, 0.15) is 13.3 Å². The average Bonchev–Trinajstić information content (AvgIpc) is 3.00. The van der Waals surface area contributed by atoms with Crippen LogP contribution in [0.25, 0.3) is 4.96 Å². The fraction of sp³-hybridized carbons (Fsp3) is 0.455. The van der Waals surface area contributed by atoms with Crippen LogP contribution >= 0.6 is 11.3 Å². The van der Waals surface area contributed by atoms with E-state index in [-0.39, 0.29) is 18.2 Å². The van der Waals surface area contributed by atoms with Gasteiger partial charge < -0.3 is 20.1 Å². The third-order valence-electron chi connectivity index (χ3n) is 3.68. The van der Waals surface area contributed by atoms with E-state index >= 15 is 0 Å². The van der Waals surface area contributed by atoms with Crippen LogP contribution in [0, 0.1) is 15.5 Å². The van der Waals surface area contributed by atoms with E-state index < -0.39 is 16.3 Å². The first kappa shape index (κ1) is 12.9. The van der Waals surface area contributed by atoms with Gasteiger partial charge in [0, 0.05) is 18.5 Å². The number of hydrogen-bond donors (Lipinski definition) is 1. The van der Waals surface area contributed by atoms with Crippen LogP contribution in [0.5, 0.6) is 0 Å². The van der Waals surface area contributed by atoms with E-state index in [0.29, 0.717) is 17.9 Å². The minimum Gasteiger partial charge on any atom is -0.481 e. The lowest BCUT2D eigenvalue weighted by Crippen LogP contribution is -2.32. The summed E-state index contributed by atoms with van der Waals surface area (Å²) in [5.41, 5.74) is -0.884. The largest absolute Gasteiger partial charge is 0.481 e. The molecule has 1 aliphatic heterocycles. The van der Waals surface area contributed by atoms with E-state index in [1.807, 2.05) is 0 Å². The highest BCUT2D eigenvalue weighted by Crippen LogP contribution is 2.38. The van der Waals surface area contributed by atoms with Gasteiger partial charge in [0.1, 0.15) is 6.20 Å². The molecule has 1 aliphatic rings. The maximum Gasteiger partial charge on any atom is 0.373 e. The maximum atomic E-state index is 11.3. The van der Waals surface area contributed by atoms with Gasteiger partial charge in [-0.15, -0.1) is 0 Å². The Labute approximate surface area is 117 Å². The van der Waals surface area contributed by atoms with Gasteiger partial charge in [-0.05, 0) is 18.3 Å². The Morgan fingerprint density at radius 3 is 3.00 bits per heavy atom. The number of aliphatic carboxylic acids is 1. The first-order valence-corrected chi connectivity index (χ1v) is 6.89. The minimum absolute atomic E-state index is 0.101. The van der Waals surface area contributed by atoms with Gasteiger partial charge >= 0.3 is 11.8 Å². The fourth-order valence-electron chi connectivity index (χ4n) is 2.46. The highest BCUT2D eigenvalue weighted by atomic mass is 32.1. The number of aromatic nitrogens is 2. The predicted octanol–water partition coefficient (Wildman–Crippen LogP) is 1.60.